The summed E-state index contributed by atoms with van der Waals surface area (Å²) in [6.45, 7) is 6.64. The molecule has 1 heterocycles. The molecule has 0 saturated heterocycles. The molecule has 1 aromatic heterocycles. The van der Waals surface area contributed by atoms with Crippen LogP contribution in [0.5, 0.6) is 17.2 Å². The number of benzene rings is 3. The number of amides is 1. The van der Waals surface area contributed by atoms with E-state index in [1.165, 1.54) is 14.0 Å². The second-order valence-electron chi connectivity index (χ2n) is 10.8. The third-order valence-electron chi connectivity index (χ3n) is 7.01. The van der Waals surface area contributed by atoms with Gasteiger partial charge in [0.1, 0.15) is 35.3 Å². The zero-order valence-electron chi connectivity index (χ0n) is 27.5. The number of carbonyl (C=O) groups excluding carboxylic acids is 3. The highest BCUT2D eigenvalue weighted by molar-refractivity contribution is 9.10. The van der Waals surface area contributed by atoms with E-state index in [4.69, 9.17) is 18.6 Å². The third kappa shape index (κ3) is 11.7. The number of rotatable bonds is 14. The second kappa shape index (κ2) is 18.4. The fourth-order valence-electron chi connectivity index (χ4n) is 4.34. The lowest BCUT2D eigenvalue weighted by Crippen LogP contribution is -2.39. The Hall–Kier alpha value is -4.97. The van der Waals surface area contributed by atoms with Gasteiger partial charge in [-0.3, -0.25) is 19.3 Å². The van der Waals surface area contributed by atoms with Gasteiger partial charge in [0.2, 0.25) is 5.89 Å². The third-order valence-corrected chi connectivity index (χ3v) is 7.52. The predicted molar refractivity (Wildman–Crippen MR) is 183 cm³/mol. The van der Waals surface area contributed by atoms with E-state index < -0.39 is 24.6 Å². The van der Waals surface area contributed by atoms with Gasteiger partial charge in [0.15, 0.2) is 5.78 Å². The minimum Gasteiger partial charge on any atom is -0.497 e. The molecule has 0 spiro atoms. The monoisotopic (exact) mass is 722 g/mol. The van der Waals surface area contributed by atoms with E-state index in [1.807, 2.05) is 37.3 Å². The number of Topliss-reactive ketones (excluding diaryl/α,β-unsaturated/α-hetero) is 2. The van der Waals surface area contributed by atoms with E-state index >= 15 is 0 Å². The molecule has 48 heavy (non-hydrogen) atoms. The summed E-state index contributed by atoms with van der Waals surface area (Å²) in [5, 5.41) is 9.39. The molecule has 4 rings (SSSR count). The van der Waals surface area contributed by atoms with Crippen molar-refractivity contribution in [2.24, 2.45) is 0 Å². The van der Waals surface area contributed by atoms with Crippen LogP contribution in [0.2, 0.25) is 0 Å². The first-order chi connectivity index (χ1) is 22.9. The lowest BCUT2D eigenvalue weighted by molar-refractivity contribution is -0.138. The molecule has 11 nitrogen and oxygen atoms in total. The summed E-state index contributed by atoms with van der Waals surface area (Å²) in [7, 11) is 1.53. The molecule has 1 N–H and O–H groups in total. The number of nitrogens with zero attached hydrogens (tertiary/aromatic N) is 2. The van der Waals surface area contributed by atoms with Crippen LogP contribution in [0.1, 0.15) is 50.3 Å². The molecular weight excluding hydrogens is 684 g/mol. The molecule has 1 amide bonds. The van der Waals surface area contributed by atoms with Crippen molar-refractivity contribution in [1.82, 2.24) is 9.88 Å². The van der Waals surface area contributed by atoms with E-state index in [2.05, 4.69) is 20.9 Å². The largest absolute Gasteiger partial charge is 0.497 e. The van der Waals surface area contributed by atoms with Crippen molar-refractivity contribution in [3.05, 3.63) is 95.9 Å². The Bertz CT molecular complexity index is 1650. The maximum atomic E-state index is 12.9. The standard InChI is InChI=1S/C30H30N2O7.C6H9BrO2/c1-20-27(39-29(31-20)23-7-5-4-6-8-23)17-18-37-25-11-9-22(10-12-25)21(2)32(19-28(33)34)30(35)38-26-15-13-24(36-3)14-16-26;1-4(8)3-6(9)5(2)7/h4-16,21H,17-19H2,1-3H3,(H,33,34);5H,3H2,1-2H3/t21-;/m0./s1. The number of carboxylic acids is 1. The van der Waals surface area contributed by atoms with Crippen molar-refractivity contribution < 1.29 is 42.9 Å². The predicted octanol–water partition coefficient (Wildman–Crippen LogP) is 7.24. The summed E-state index contributed by atoms with van der Waals surface area (Å²) in [5.74, 6) is 1.60. The smallest absolute Gasteiger partial charge is 0.416 e. The van der Waals surface area contributed by atoms with Crippen molar-refractivity contribution in [3.63, 3.8) is 0 Å². The van der Waals surface area contributed by atoms with Crippen molar-refractivity contribution in [2.45, 2.75) is 51.4 Å². The lowest BCUT2D eigenvalue weighted by atomic mass is 10.1. The van der Waals surface area contributed by atoms with Crippen molar-refractivity contribution in [1.29, 1.82) is 0 Å². The van der Waals surface area contributed by atoms with E-state index in [-0.39, 0.29) is 28.6 Å². The number of methoxy groups -OCH3 is 1. The molecule has 0 aliphatic rings. The molecular formula is C36H39BrN2O9. The lowest BCUT2D eigenvalue weighted by Gasteiger charge is -2.27. The number of carboxylic acid groups (broad SMARTS) is 1. The molecule has 0 aliphatic carbocycles. The summed E-state index contributed by atoms with van der Waals surface area (Å²) >= 11 is 3.07. The molecule has 0 aliphatic heterocycles. The Kier molecular flexibility index (Phi) is 14.4. The van der Waals surface area contributed by atoms with Gasteiger partial charge in [-0.1, -0.05) is 46.3 Å². The molecule has 0 bridgehead atoms. The van der Waals surface area contributed by atoms with Gasteiger partial charge in [-0.15, -0.1) is 0 Å². The Morgan fingerprint density at radius 3 is 2.06 bits per heavy atom. The molecule has 1 unspecified atom stereocenters. The summed E-state index contributed by atoms with van der Waals surface area (Å²) < 4.78 is 22.3. The first kappa shape index (κ1) is 37.5. The van der Waals surface area contributed by atoms with Crippen LogP contribution in [0.15, 0.2) is 83.3 Å². The van der Waals surface area contributed by atoms with Gasteiger partial charge >= 0.3 is 12.1 Å². The van der Waals surface area contributed by atoms with Crippen molar-refractivity contribution >= 4 is 39.6 Å². The Labute approximate surface area is 288 Å². The SMILES string of the molecule is CC(=O)CC(=O)C(C)Br.COc1ccc(OC(=O)N(CC(=O)O)[C@@H](C)c2ccc(OCCc3oc(-c4ccccc4)nc3C)cc2)cc1. The Morgan fingerprint density at radius 1 is 0.917 bits per heavy atom. The van der Waals surface area contributed by atoms with E-state index in [1.54, 1.807) is 62.4 Å². The highest BCUT2D eigenvalue weighted by Crippen LogP contribution is 2.26. The van der Waals surface area contributed by atoms with Gasteiger partial charge < -0.3 is 23.7 Å². The number of aliphatic carboxylic acids is 1. The number of hydrogen-bond donors (Lipinski definition) is 1. The zero-order valence-corrected chi connectivity index (χ0v) is 29.1. The van der Waals surface area contributed by atoms with Gasteiger partial charge in [0.05, 0.1) is 36.7 Å². The van der Waals surface area contributed by atoms with Gasteiger partial charge in [-0.2, -0.15) is 0 Å². The van der Waals surface area contributed by atoms with Crippen LogP contribution < -0.4 is 14.2 Å². The van der Waals surface area contributed by atoms with E-state index in [0.29, 0.717) is 30.4 Å². The van der Waals surface area contributed by atoms with Gasteiger partial charge in [-0.25, -0.2) is 9.78 Å². The first-order valence-corrected chi connectivity index (χ1v) is 16.0. The van der Waals surface area contributed by atoms with Gasteiger partial charge in [0.25, 0.3) is 0 Å². The Balaban J connectivity index is 0.000000609. The van der Waals surface area contributed by atoms with Crippen LogP contribution in [0.25, 0.3) is 11.5 Å². The van der Waals surface area contributed by atoms with Gasteiger partial charge in [-0.05, 0) is 81.8 Å². The maximum absolute atomic E-state index is 12.9. The van der Waals surface area contributed by atoms with E-state index in [0.717, 1.165) is 27.5 Å². The summed E-state index contributed by atoms with van der Waals surface area (Å²) in [6.07, 6.45) is -0.174. The molecule has 2 atom stereocenters. The maximum Gasteiger partial charge on any atom is 0.416 e. The molecule has 3 aromatic carbocycles. The number of aryl methyl sites for hydroxylation is 1. The van der Waals surface area contributed by atoms with E-state index in [9.17, 15) is 24.3 Å². The molecule has 12 heteroatoms. The van der Waals surface area contributed by atoms with Crippen molar-refractivity contribution in [2.75, 3.05) is 20.3 Å². The Morgan fingerprint density at radius 2 is 1.52 bits per heavy atom. The number of aromatic nitrogens is 1. The highest BCUT2D eigenvalue weighted by atomic mass is 79.9. The molecule has 0 saturated carbocycles. The van der Waals surface area contributed by atoms with Crippen molar-refractivity contribution in [3.8, 4) is 28.7 Å². The number of ketones is 2. The van der Waals surface area contributed by atoms with Crippen LogP contribution in [0, 0.1) is 6.92 Å². The topological polar surface area (TPSA) is 145 Å². The minimum absolute atomic E-state index is 0.0480. The summed E-state index contributed by atoms with van der Waals surface area (Å²) in [6, 6.07) is 22.8. The quantitative estimate of drug-likeness (QED) is 0.104. The fourth-order valence-corrected chi connectivity index (χ4v) is 4.50. The van der Waals surface area contributed by atoms with Crippen LogP contribution in [-0.4, -0.2) is 63.7 Å². The highest BCUT2D eigenvalue weighted by Gasteiger charge is 2.26. The summed E-state index contributed by atoms with van der Waals surface area (Å²) in [5.41, 5.74) is 2.47. The average molecular weight is 724 g/mol. The number of ether oxygens (including phenoxy) is 3. The molecule has 0 radical (unpaired) electrons. The molecule has 254 valence electrons. The fraction of sp³-hybridized carbons (Fsp3) is 0.306. The number of carbonyl (C=O) groups is 4. The summed E-state index contributed by atoms with van der Waals surface area (Å²) in [4.78, 5) is 50.8. The van der Waals surface area contributed by atoms with Crippen LogP contribution in [-0.2, 0) is 20.8 Å². The first-order valence-electron chi connectivity index (χ1n) is 15.1. The molecule has 4 aromatic rings. The van der Waals surface area contributed by atoms with Gasteiger partial charge in [0, 0.05) is 12.0 Å². The normalized spacial score (nSPS) is 11.7. The van der Waals surface area contributed by atoms with Crippen LogP contribution in [0.4, 0.5) is 4.79 Å². The number of oxazole rings is 1. The number of alkyl halides is 1. The minimum atomic E-state index is -1.15. The zero-order chi connectivity index (χ0) is 35.2. The second-order valence-corrected chi connectivity index (χ2v) is 12.1. The van der Waals surface area contributed by atoms with Crippen LogP contribution in [0.3, 0.4) is 0 Å². The average Bonchev–Trinajstić information content (AvgIpc) is 3.44. The number of halogens is 1. The number of hydrogen-bond acceptors (Lipinski definition) is 9. The van der Waals surface area contributed by atoms with Crippen LogP contribution >= 0.6 is 15.9 Å². The molecule has 0 fully saturated rings.